The van der Waals surface area contributed by atoms with Crippen LogP contribution >= 0.6 is 11.6 Å². The third kappa shape index (κ3) is 4.76. The van der Waals surface area contributed by atoms with Gasteiger partial charge in [0.25, 0.3) is 0 Å². The average molecular weight is 425 g/mol. The molecule has 1 aromatic heterocycles. The Labute approximate surface area is 179 Å². The lowest BCUT2D eigenvalue weighted by Crippen LogP contribution is -2.43. The zero-order chi connectivity index (χ0) is 20.9. The third-order valence-corrected chi connectivity index (χ3v) is 5.64. The molecule has 2 heterocycles. The second-order valence-electron chi connectivity index (χ2n) is 7.34. The van der Waals surface area contributed by atoms with Crippen molar-refractivity contribution in [2.45, 2.75) is 19.4 Å². The molecule has 1 aliphatic heterocycles. The number of rotatable bonds is 5. The highest BCUT2D eigenvalue weighted by atomic mass is 35.5. The first-order valence-electron chi connectivity index (χ1n) is 9.95. The standard InChI is InChI=1S/C23H22ClFN4O/c24-20-6-2-1-4-17(20)14-27-23(30)18-5-3-13-29(15-18)21-11-12-26-22(28-21)16-7-9-19(25)10-8-16/h1-2,4,6-12,18H,3,5,13-15H2,(H,27,30)/t18-/m0/s1. The van der Waals surface area contributed by atoms with Gasteiger partial charge < -0.3 is 10.2 Å². The Morgan fingerprint density at radius 3 is 2.77 bits per heavy atom. The fourth-order valence-electron chi connectivity index (χ4n) is 3.63. The average Bonchev–Trinajstić information content (AvgIpc) is 2.79. The molecular weight excluding hydrogens is 403 g/mol. The molecule has 0 bridgehead atoms. The van der Waals surface area contributed by atoms with Gasteiger partial charge in [-0.25, -0.2) is 14.4 Å². The van der Waals surface area contributed by atoms with Crippen LogP contribution in [0.5, 0.6) is 0 Å². The van der Waals surface area contributed by atoms with E-state index in [4.69, 9.17) is 11.6 Å². The Morgan fingerprint density at radius 2 is 1.97 bits per heavy atom. The molecule has 1 atom stereocenters. The first-order chi connectivity index (χ1) is 14.6. The minimum absolute atomic E-state index is 0.0208. The Hall–Kier alpha value is -2.99. The van der Waals surface area contributed by atoms with Crippen LogP contribution in [0.25, 0.3) is 11.4 Å². The van der Waals surface area contributed by atoms with E-state index in [1.165, 1.54) is 12.1 Å². The number of benzene rings is 2. The molecule has 7 heteroatoms. The van der Waals surface area contributed by atoms with Gasteiger partial charge in [0.1, 0.15) is 11.6 Å². The zero-order valence-electron chi connectivity index (χ0n) is 16.4. The van der Waals surface area contributed by atoms with Crippen molar-refractivity contribution in [3.8, 4) is 11.4 Å². The molecule has 0 spiro atoms. The topological polar surface area (TPSA) is 58.1 Å². The Morgan fingerprint density at radius 1 is 1.17 bits per heavy atom. The second kappa shape index (κ2) is 9.22. The van der Waals surface area contributed by atoms with Crippen LogP contribution in [0.15, 0.2) is 60.8 Å². The van der Waals surface area contributed by atoms with Crippen molar-refractivity contribution in [3.63, 3.8) is 0 Å². The van der Waals surface area contributed by atoms with E-state index in [2.05, 4.69) is 20.2 Å². The SMILES string of the molecule is O=C(NCc1ccccc1Cl)[C@H]1CCCN(c2ccnc(-c3ccc(F)cc3)n2)C1. The molecule has 3 aromatic rings. The van der Waals surface area contributed by atoms with Crippen LogP contribution in [0.1, 0.15) is 18.4 Å². The third-order valence-electron chi connectivity index (χ3n) is 5.27. The van der Waals surface area contributed by atoms with E-state index in [1.54, 1.807) is 18.3 Å². The number of amides is 1. The van der Waals surface area contributed by atoms with E-state index >= 15 is 0 Å². The first-order valence-corrected chi connectivity index (χ1v) is 10.3. The summed E-state index contributed by atoms with van der Waals surface area (Å²) in [5.41, 5.74) is 1.66. The van der Waals surface area contributed by atoms with Gasteiger partial charge in [0.15, 0.2) is 5.82 Å². The number of carbonyl (C=O) groups excluding carboxylic acids is 1. The number of hydrogen-bond acceptors (Lipinski definition) is 4. The number of anilines is 1. The summed E-state index contributed by atoms with van der Waals surface area (Å²) >= 11 is 6.18. The van der Waals surface area contributed by atoms with Crippen LogP contribution in [0.2, 0.25) is 5.02 Å². The van der Waals surface area contributed by atoms with Crippen molar-refractivity contribution in [2.24, 2.45) is 5.92 Å². The monoisotopic (exact) mass is 424 g/mol. The fourth-order valence-corrected chi connectivity index (χ4v) is 3.83. The summed E-state index contributed by atoms with van der Waals surface area (Å²) in [6.45, 7) is 1.83. The first kappa shape index (κ1) is 20.3. The predicted molar refractivity (Wildman–Crippen MR) is 116 cm³/mol. The Kier molecular flexibility index (Phi) is 6.23. The number of halogens is 2. The van der Waals surface area contributed by atoms with Crippen LogP contribution in [0.3, 0.4) is 0 Å². The van der Waals surface area contributed by atoms with E-state index in [9.17, 15) is 9.18 Å². The van der Waals surface area contributed by atoms with Gasteiger partial charge in [0, 0.05) is 36.4 Å². The molecule has 0 aliphatic carbocycles. The summed E-state index contributed by atoms with van der Waals surface area (Å²) in [4.78, 5) is 23.8. The number of hydrogen-bond donors (Lipinski definition) is 1. The van der Waals surface area contributed by atoms with E-state index < -0.39 is 0 Å². The van der Waals surface area contributed by atoms with Gasteiger partial charge in [-0.1, -0.05) is 29.8 Å². The zero-order valence-corrected chi connectivity index (χ0v) is 17.1. The second-order valence-corrected chi connectivity index (χ2v) is 7.75. The van der Waals surface area contributed by atoms with Crippen molar-refractivity contribution in [1.82, 2.24) is 15.3 Å². The highest BCUT2D eigenvalue weighted by Gasteiger charge is 2.26. The normalized spacial score (nSPS) is 16.3. The van der Waals surface area contributed by atoms with Gasteiger partial charge in [-0.15, -0.1) is 0 Å². The van der Waals surface area contributed by atoms with Crippen LogP contribution in [-0.4, -0.2) is 29.0 Å². The molecule has 0 saturated carbocycles. The maximum atomic E-state index is 13.2. The summed E-state index contributed by atoms with van der Waals surface area (Å²) in [5, 5.41) is 3.66. The molecule has 1 saturated heterocycles. The molecule has 1 N–H and O–H groups in total. The predicted octanol–water partition coefficient (Wildman–Crippen LogP) is 4.47. The van der Waals surface area contributed by atoms with Crippen molar-refractivity contribution in [3.05, 3.63) is 77.2 Å². The van der Waals surface area contributed by atoms with Gasteiger partial charge in [0.2, 0.25) is 5.91 Å². The summed E-state index contributed by atoms with van der Waals surface area (Å²) in [5.74, 6) is 0.917. The quantitative estimate of drug-likeness (QED) is 0.656. The Balaban J connectivity index is 1.42. The van der Waals surface area contributed by atoms with Crippen LogP contribution < -0.4 is 10.2 Å². The van der Waals surface area contributed by atoms with E-state index in [0.717, 1.165) is 36.3 Å². The van der Waals surface area contributed by atoms with E-state index in [0.29, 0.717) is 23.9 Å². The summed E-state index contributed by atoms with van der Waals surface area (Å²) in [7, 11) is 0. The van der Waals surface area contributed by atoms with Crippen molar-refractivity contribution in [1.29, 1.82) is 0 Å². The number of carbonyl (C=O) groups is 1. The number of piperidine rings is 1. The van der Waals surface area contributed by atoms with Crippen LogP contribution in [0.4, 0.5) is 10.2 Å². The molecule has 154 valence electrons. The van der Waals surface area contributed by atoms with Gasteiger partial charge >= 0.3 is 0 Å². The molecule has 4 rings (SSSR count). The molecular formula is C23H22ClFN4O. The smallest absolute Gasteiger partial charge is 0.225 e. The summed E-state index contributed by atoms with van der Waals surface area (Å²) in [6.07, 6.45) is 3.43. The van der Waals surface area contributed by atoms with Gasteiger partial charge in [-0.05, 0) is 54.8 Å². The lowest BCUT2D eigenvalue weighted by molar-refractivity contribution is -0.125. The fraction of sp³-hybridized carbons (Fsp3) is 0.261. The van der Waals surface area contributed by atoms with Crippen molar-refractivity contribution >= 4 is 23.3 Å². The van der Waals surface area contributed by atoms with Crippen molar-refractivity contribution in [2.75, 3.05) is 18.0 Å². The molecule has 1 fully saturated rings. The maximum Gasteiger partial charge on any atom is 0.225 e. The van der Waals surface area contributed by atoms with Crippen LogP contribution in [-0.2, 0) is 11.3 Å². The minimum atomic E-state index is -0.295. The molecule has 1 amide bonds. The Bertz CT molecular complexity index is 1030. The van der Waals surface area contributed by atoms with Crippen molar-refractivity contribution < 1.29 is 9.18 Å². The largest absolute Gasteiger partial charge is 0.356 e. The molecule has 2 aromatic carbocycles. The molecule has 0 radical (unpaired) electrons. The summed E-state index contributed by atoms with van der Waals surface area (Å²) < 4.78 is 13.2. The van der Waals surface area contributed by atoms with Gasteiger partial charge in [-0.2, -0.15) is 0 Å². The molecule has 5 nitrogen and oxygen atoms in total. The van der Waals surface area contributed by atoms with Gasteiger partial charge in [-0.3, -0.25) is 4.79 Å². The lowest BCUT2D eigenvalue weighted by atomic mass is 9.97. The number of nitrogens with one attached hydrogen (secondary N) is 1. The van der Waals surface area contributed by atoms with Crippen LogP contribution in [0, 0.1) is 11.7 Å². The molecule has 0 unspecified atom stereocenters. The minimum Gasteiger partial charge on any atom is -0.356 e. The number of nitrogens with zero attached hydrogens (tertiary/aromatic N) is 3. The summed E-state index contributed by atoms with van der Waals surface area (Å²) in [6, 6.07) is 15.5. The highest BCUT2D eigenvalue weighted by molar-refractivity contribution is 6.31. The maximum absolute atomic E-state index is 13.2. The highest BCUT2D eigenvalue weighted by Crippen LogP contribution is 2.24. The van der Waals surface area contributed by atoms with E-state index in [-0.39, 0.29) is 17.6 Å². The van der Waals surface area contributed by atoms with E-state index in [1.807, 2.05) is 30.3 Å². The molecule has 1 aliphatic rings. The number of aromatic nitrogens is 2. The van der Waals surface area contributed by atoms with Gasteiger partial charge in [0.05, 0.1) is 5.92 Å². The molecule has 30 heavy (non-hydrogen) atoms. The lowest BCUT2D eigenvalue weighted by Gasteiger charge is -2.33.